The van der Waals surface area contributed by atoms with E-state index < -0.39 is 0 Å². The van der Waals surface area contributed by atoms with Crippen LogP contribution in [0, 0.1) is 20.8 Å². The average Bonchev–Trinajstić information content (AvgIpc) is 2.88. The molecule has 5 nitrogen and oxygen atoms in total. The summed E-state index contributed by atoms with van der Waals surface area (Å²) in [6, 6.07) is 8.46. The van der Waals surface area contributed by atoms with Crippen LogP contribution in [0.2, 0.25) is 0 Å². The molecule has 0 saturated carbocycles. The summed E-state index contributed by atoms with van der Waals surface area (Å²) in [7, 11) is 2.07. The van der Waals surface area contributed by atoms with Gasteiger partial charge >= 0.3 is 0 Å². The van der Waals surface area contributed by atoms with Gasteiger partial charge in [0.2, 0.25) is 0 Å². The summed E-state index contributed by atoms with van der Waals surface area (Å²) in [5, 5.41) is 7.37. The van der Waals surface area contributed by atoms with Gasteiger partial charge in [0.25, 0.3) is 0 Å². The highest BCUT2D eigenvalue weighted by Gasteiger charge is 2.10. The lowest BCUT2D eigenvalue weighted by Crippen LogP contribution is -2.38. The maximum atomic E-state index is 5.22. The molecule has 0 bridgehead atoms. The number of rotatable bonds is 6. The Morgan fingerprint density at radius 2 is 2.00 bits per heavy atom. The standard InChI is InChI=1S/C19H28N4O/c1-6-20-19(21-12-11-18-15(3)22-24-16(18)4)23(5)13-17-10-8-7-9-14(17)2/h7-10H,6,11-13H2,1-5H3,(H,20,21). The van der Waals surface area contributed by atoms with Crippen LogP contribution in [0.1, 0.15) is 35.1 Å². The molecule has 1 heterocycles. The smallest absolute Gasteiger partial charge is 0.193 e. The van der Waals surface area contributed by atoms with E-state index in [0.29, 0.717) is 6.54 Å². The van der Waals surface area contributed by atoms with Crippen molar-refractivity contribution >= 4 is 5.96 Å². The number of nitrogens with one attached hydrogen (secondary N) is 1. The molecule has 1 aromatic carbocycles. The Morgan fingerprint density at radius 3 is 2.62 bits per heavy atom. The van der Waals surface area contributed by atoms with Crippen LogP contribution >= 0.6 is 0 Å². The Kier molecular flexibility index (Phi) is 6.41. The summed E-state index contributed by atoms with van der Waals surface area (Å²) in [4.78, 5) is 6.92. The molecule has 0 aliphatic rings. The number of aromatic nitrogens is 1. The SMILES string of the molecule is CCNC(=NCCc1c(C)noc1C)N(C)Cc1ccccc1C. The van der Waals surface area contributed by atoms with Crippen molar-refractivity contribution in [2.75, 3.05) is 20.1 Å². The zero-order chi connectivity index (χ0) is 17.5. The fraction of sp³-hybridized carbons (Fsp3) is 0.474. The van der Waals surface area contributed by atoms with E-state index in [4.69, 9.17) is 9.52 Å². The van der Waals surface area contributed by atoms with Crippen LogP contribution in [0.25, 0.3) is 0 Å². The van der Waals surface area contributed by atoms with Gasteiger partial charge in [-0.05, 0) is 45.2 Å². The topological polar surface area (TPSA) is 53.7 Å². The minimum atomic E-state index is 0.712. The molecule has 0 radical (unpaired) electrons. The first-order chi connectivity index (χ1) is 11.5. The number of aliphatic imine (C=N–C) groups is 1. The molecule has 2 rings (SSSR count). The minimum absolute atomic E-state index is 0.712. The molecule has 0 unspecified atom stereocenters. The second-order valence-corrected chi connectivity index (χ2v) is 6.07. The Labute approximate surface area is 144 Å². The molecule has 0 aliphatic heterocycles. The van der Waals surface area contributed by atoms with E-state index in [1.807, 2.05) is 13.8 Å². The highest BCUT2D eigenvalue weighted by atomic mass is 16.5. The molecule has 0 saturated heterocycles. The highest BCUT2D eigenvalue weighted by Crippen LogP contribution is 2.13. The van der Waals surface area contributed by atoms with Crippen LogP contribution in [0.15, 0.2) is 33.8 Å². The molecule has 5 heteroatoms. The first-order valence-corrected chi connectivity index (χ1v) is 8.48. The summed E-state index contributed by atoms with van der Waals surface area (Å²) >= 11 is 0. The van der Waals surface area contributed by atoms with Gasteiger partial charge < -0.3 is 14.7 Å². The minimum Gasteiger partial charge on any atom is -0.361 e. The highest BCUT2D eigenvalue weighted by molar-refractivity contribution is 5.79. The molecule has 1 aromatic heterocycles. The Balaban J connectivity index is 2.03. The average molecular weight is 328 g/mol. The molecule has 0 fully saturated rings. The number of nitrogens with zero attached hydrogens (tertiary/aromatic N) is 3. The van der Waals surface area contributed by atoms with Crippen molar-refractivity contribution in [2.45, 2.75) is 40.7 Å². The van der Waals surface area contributed by atoms with Crippen LogP contribution < -0.4 is 5.32 Å². The maximum absolute atomic E-state index is 5.22. The van der Waals surface area contributed by atoms with Crippen molar-refractivity contribution in [3.63, 3.8) is 0 Å². The van der Waals surface area contributed by atoms with Gasteiger partial charge in [-0.3, -0.25) is 4.99 Å². The zero-order valence-corrected chi connectivity index (χ0v) is 15.4. The van der Waals surface area contributed by atoms with Crippen molar-refractivity contribution in [3.05, 3.63) is 52.4 Å². The van der Waals surface area contributed by atoms with Crippen molar-refractivity contribution < 1.29 is 4.52 Å². The molecule has 0 amide bonds. The van der Waals surface area contributed by atoms with Gasteiger partial charge in [0.1, 0.15) is 5.76 Å². The number of aryl methyl sites for hydroxylation is 3. The third-order valence-corrected chi connectivity index (χ3v) is 4.17. The maximum Gasteiger partial charge on any atom is 0.193 e. The number of benzene rings is 1. The molecule has 130 valence electrons. The van der Waals surface area contributed by atoms with E-state index in [0.717, 1.165) is 42.5 Å². The van der Waals surface area contributed by atoms with E-state index in [-0.39, 0.29) is 0 Å². The van der Waals surface area contributed by atoms with Crippen molar-refractivity contribution in [3.8, 4) is 0 Å². The largest absolute Gasteiger partial charge is 0.361 e. The molecule has 0 spiro atoms. The Morgan fingerprint density at radius 1 is 1.25 bits per heavy atom. The van der Waals surface area contributed by atoms with E-state index in [2.05, 4.69) is 60.5 Å². The van der Waals surface area contributed by atoms with Gasteiger partial charge in [0.15, 0.2) is 5.96 Å². The molecule has 0 aliphatic carbocycles. The quantitative estimate of drug-likeness (QED) is 0.653. The lowest BCUT2D eigenvalue weighted by atomic mass is 10.1. The Hall–Kier alpha value is -2.30. The molecular weight excluding hydrogens is 300 g/mol. The molecular formula is C19H28N4O. The van der Waals surface area contributed by atoms with Crippen molar-refractivity contribution in [2.24, 2.45) is 4.99 Å². The van der Waals surface area contributed by atoms with Crippen LogP contribution in [0.5, 0.6) is 0 Å². The zero-order valence-electron chi connectivity index (χ0n) is 15.4. The summed E-state index contributed by atoms with van der Waals surface area (Å²) in [6.07, 6.45) is 0.842. The summed E-state index contributed by atoms with van der Waals surface area (Å²) in [5.41, 5.74) is 4.74. The van der Waals surface area contributed by atoms with Gasteiger partial charge in [-0.1, -0.05) is 29.4 Å². The van der Waals surface area contributed by atoms with Gasteiger partial charge in [-0.2, -0.15) is 0 Å². The van der Waals surface area contributed by atoms with E-state index in [9.17, 15) is 0 Å². The summed E-state index contributed by atoms with van der Waals surface area (Å²) in [6.45, 7) is 10.6. The molecule has 24 heavy (non-hydrogen) atoms. The third-order valence-electron chi connectivity index (χ3n) is 4.17. The van der Waals surface area contributed by atoms with Crippen LogP contribution in [-0.4, -0.2) is 36.2 Å². The predicted molar refractivity (Wildman–Crippen MR) is 98.3 cm³/mol. The molecule has 0 atom stereocenters. The summed E-state index contributed by atoms with van der Waals surface area (Å²) in [5.74, 6) is 1.81. The van der Waals surface area contributed by atoms with Crippen LogP contribution in [0.4, 0.5) is 0 Å². The molecule has 2 aromatic rings. The second-order valence-electron chi connectivity index (χ2n) is 6.07. The summed E-state index contributed by atoms with van der Waals surface area (Å²) < 4.78 is 5.22. The lowest BCUT2D eigenvalue weighted by molar-refractivity contribution is 0.392. The predicted octanol–water partition coefficient (Wildman–Crippen LogP) is 3.24. The van der Waals surface area contributed by atoms with Gasteiger partial charge in [-0.25, -0.2) is 0 Å². The fourth-order valence-corrected chi connectivity index (χ4v) is 2.72. The lowest BCUT2D eigenvalue weighted by Gasteiger charge is -2.23. The van der Waals surface area contributed by atoms with E-state index in [1.165, 1.54) is 11.1 Å². The number of hydrogen-bond donors (Lipinski definition) is 1. The van der Waals surface area contributed by atoms with Crippen LogP contribution in [-0.2, 0) is 13.0 Å². The normalized spacial score (nSPS) is 11.6. The van der Waals surface area contributed by atoms with Crippen molar-refractivity contribution in [1.29, 1.82) is 0 Å². The third kappa shape index (κ3) is 4.60. The number of guanidine groups is 1. The monoisotopic (exact) mass is 328 g/mol. The van der Waals surface area contributed by atoms with E-state index >= 15 is 0 Å². The first-order valence-electron chi connectivity index (χ1n) is 8.48. The first kappa shape index (κ1) is 18.0. The van der Waals surface area contributed by atoms with Crippen LogP contribution in [0.3, 0.4) is 0 Å². The number of hydrogen-bond acceptors (Lipinski definition) is 3. The molecule has 1 N–H and O–H groups in total. The van der Waals surface area contributed by atoms with Gasteiger partial charge in [0.05, 0.1) is 5.69 Å². The van der Waals surface area contributed by atoms with E-state index in [1.54, 1.807) is 0 Å². The Bertz CT molecular complexity index is 671. The van der Waals surface area contributed by atoms with Gasteiger partial charge in [0, 0.05) is 32.2 Å². The second kappa shape index (κ2) is 8.52. The fourth-order valence-electron chi connectivity index (χ4n) is 2.72. The van der Waals surface area contributed by atoms with Gasteiger partial charge in [-0.15, -0.1) is 0 Å². The van der Waals surface area contributed by atoms with Crippen molar-refractivity contribution in [1.82, 2.24) is 15.4 Å².